The number of amides is 1. The first kappa shape index (κ1) is 15.9. The number of hydrogen-bond donors (Lipinski definition) is 3. The normalized spacial score (nSPS) is 14.1. The SMILES string of the molecule is CCCNC(CCC(NC)C(N)=O)C(=O)OC. The summed E-state index contributed by atoms with van der Waals surface area (Å²) < 4.78 is 4.70. The summed E-state index contributed by atoms with van der Waals surface area (Å²) in [6.45, 7) is 2.75. The molecule has 0 bridgehead atoms. The number of hydrogen-bond acceptors (Lipinski definition) is 5. The van der Waals surface area contributed by atoms with Gasteiger partial charge in [0.2, 0.25) is 5.91 Å². The van der Waals surface area contributed by atoms with E-state index in [2.05, 4.69) is 10.6 Å². The van der Waals surface area contributed by atoms with Crippen molar-refractivity contribution in [2.75, 3.05) is 20.7 Å². The monoisotopic (exact) mass is 245 g/mol. The van der Waals surface area contributed by atoms with Crippen LogP contribution in [0.2, 0.25) is 0 Å². The number of likely N-dealkylation sites (N-methyl/N-ethyl adjacent to an activating group) is 1. The molecule has 17 heavy (non-hydrogen) atoms. The Balaban J connectivity index is 4.22. The molecule has 0 aliphatic heterocycles. The topological polar surface area (TPSA) is 93.5 Å². The molecular formula is C11H23N3O3. The Hall–Kier alpha value is -1.14. The average molecular weight is 245 g/mol. The summed E-state index contributed by atoms with van der Waals surface area (Å²) in [4.78, 5) is 22.5. The van der Waals surface area contributed by atoms with Gasteiger partial charge < -0.3 is 21.1 Å². The van der Waals surface area contributed by atoms with E-state index in [1.165, 1.54) is 7.11 Å². The largest absolute Gasteiger partial charge is 0.468 e. The van der Waals surface area contributed by atoms with Gasteiger partial charge in [0.15, 0.2) is 0 Å². The number of methoxy groups -OCH3 is 1. The van der Waals surface area contributed by atoms with Gasteiger partial charge in [0.25, 0.3) is 0 Å². The Kier molecular flexibility index (Phi) is 8.35. The van der Waals surface area contributed by atoms with Gasteiger partial charge in [-0.25, -0.2) is 0 Å². The molecular weight excluding hydrogens is 222 g/mol. The quantitative estimate of drug-likeness (QED) is 0.471. The van der Waals surface area contributed by atoms with Crippen LogP contribution in [0.3, 0.4) is 0 Å². The van der Waals surface area contributed by atoms with Gasteiger partial charge in [0.1, 0.15) is 6.04 Å². The van der Waals surface area contributed by atoms with Crippen molar-refractivity contribution >= 4 is 11.9 Å². The first-order valence-electron chi connectivity index (χ1n) is 5.84. The zero-order valence-electron chi connectivity index (χ0n) is 10.8. The fourth-order valence-electron chi connectivity index (χ4n) is 1.53. The molecule has 1 amide bonds. The van der Waals surface area contributed by atoms with E-state index in [0.29, 0.717) is 12.8 Å². The molecule has 0 fully saturated rings. The van der Waals surface area contributed by atoms with Gasteiger partial charge in [-0.2, -0.15) is 0 Å². The number of primary amides is 1. The second-order valence-corrected chi connectivity index (χ2v) is 3.85. The van der Waals surface area contributed by atoms with Gasteiger partial charge in [-0.15, -0.1) is 0 Å². The fourth-order valence-corrected chi connectivity index (χ4v) is 1.53. The predicted octanol–water partition coefficient (Wildman–Crippen LogP) is -0.619. The molecule has 100 valence electrons. The summed E-state index contributed by atoms with van der Waals surface area (Å²) >= 11 is 0. The number of esters is 1. The molecule has 0 saturated carbocycles. The van der Waals surface area contributed by atoms with Crippen LogP contribution in [0.4, 0.5) is 0 Å². The summed E-state index contributed by atoms with van der Waals surface area (Å²) in [7, 11) is 3.02. The van der Waals surface area contributed by atoms with E-state index in [4.69, 9.17) is 10.5 Å². The van der Waals surface area contributed by atoms with E-state index in [0.717, 1.165) is 13.0 Å². The number of ether oxygens (including phenoxy) is 1. The highest BCUT2D eigenvalue weighted by molar-refractivity contribution is 5.80. The lowest BCUT2D eigenvalue weighted by atomic mass is 10.1. The van der Waals surface area contributed by atoms with E-state index in [1.807, 2.05) is 6.92 Å². The molecule has 0 heterocycles. The molecule has 2 unspecified atom stereocenters. The molecule has 2 atom stereocenters. The molecule has 0 aromatic carbocycles. The van der Waals surface area contributed by atoms with Gasteiger partial charge in [-0.05, 0) is 32.9 Å². The Morgan fingerprint density at radius 1 is 1.29 bits per heavy atom. The van der Waals surface area contributed by atoms with Gasteiger partial charge in [-0.3, -0.25) is 9.59 Å². The van der Waals surface area contributed by atoms with Gasteiger partial charge in [0.05, 0.1) is 13.2 Å². The van der Waals surface area contributed by atoms with Crippen molar-refractivity contribution in [1.82, 2.24) is 10.6 Å². The molecule has 0 rings (SSSR count). The molecule has 0 spiro atoms. The van der Waals surface area contributed by atoms with Crippen LogP contribution in [0.25, 0.3) is 0 Å². The lowest BCUT2D eigenvalue weighted by molar-refractivity contribution is -0.143. The number of nitrogens with two attached hydrogens (primary N) is 1. The average Bonchev–Trinajstić information content (AvgIpc) is 2.32. The minimum atomic E-state index is -0.411. The van der Waals surface area contributed by atoms with Crippen LogP contribution in [-0.4, -0.2) is 44.7 Å². The van der Waals surface area contributed by atoms with Crippen LogP contribution in [0.5, 0.6) is 0 Å². The molecule has 0 aromatic rings. The molecule has 0 aliphatic carbocycles. The van der Waals surface area contributed by atoms with Crippen LogP contribution in [-0.2, 0) is 14.3 Å². The van der Waals surface area contributed by atoms with Crippen molar-refractivity contribution in [2.45, 2.75) is 38.3 Å². The lowest BCUT2D eigenvalue weighted by Gasteiger charge is -2.18. The zero-order valence-corrected chi connectivity index (χ0v) is 10.8. The van der Waals surface area contributed by atoms with Crippen molar-refractivity contribution in [3.8, 4) is 0 Å². The standard InChI is InChI=1S/C11H23N3O3/c1-4-7-14-9(11(16)17-3)6-5-8(13-2)10(12)15/h8-9,13-14H,4-7H2,1-3H3,(H2,12,15). The van der Waals surface area contributed by atoms with E-state index in [9.17, 15) is 9.59 Å². The highest BCUT2D eigenvalue weighted by Crippen LogP contribution is 2.03. The minimum Gasteiger partial charge on any atom is -0.468 e. The highest BCUT2D eigenvalue weighted by Gasteiger charge is 2.21. The molecule has 0 aromatic heterocycles. The van der Waals surface area contributed by atoms with E-state index in [-0.39, 0.29) is 12.0 Å². The molecule has 0 radical (unpaired) electrons. The molecule has 6 heteroatoms. The lowest BCUT2D eigenvalue weighted by Crippen LogP contribution is -2.43. The summed E-state index contributed by atoms with van der Waals surface area (Å²) in [5.74, 6) is -0.718. The zero-order chi connectivity index (χ0) is 13.3. The van der Waals surface area contributed by atoms with Crippen molar-refractivity contribution in [3.63, 3.8) is 0 Å². The maximum Gasteiger partial charge on any atom is 0.322 e. The van der Waals surface area contributed by atoms with Crippen LogP contribution in [0.1, 0.15) is 26.2 Å². The Labute approximate surface area is 102 Å². The van der Waals surface area contributed by atoms with Crippen LogP contribution >= 0.6 is 0 Å². The maximum absolute atomic E-state index is 11.5. The molecule has 0 aliphatic rings. The third-order valence-electron chi connectivity index (χ3n) is 2.56. The highest BCUT2D eigenvalue weighted by atomic mass is 16.5. The third kappa shape index (κ3) is 6.23. The molecule has 4 N–H and O–H groups in total. The maximum atomic E-state index is 11.5. The predicted molar refractivity (Wildman–Crippen MR) is 65.4 cm³/mol. The summed E-state index contributed by atoms with van der Waals surface area (Å²) in [5, 5.41) is 5.90. The van der Waals surface area contributed by atoms with Gasteiger partial charge >= 0.3 is 5.97 Å². The van der Waals surface area contributed by atoms with E-state index in [1.54, 1.807) is 7.05 Å². The smallest absolute Gasteiger partial charge is 0.322 e. The van der Waals surface area contributed by atoms with Crippen molar-refractivity contribution in [3.05, 3.63) is 0 Å². The van der Waals surface area contributed by atoms with Crippen LogP contribution in [0, 0.1) is 0 Å². The summed E-state index contributed by atoms with van der Waals surface area (Å²) in [6.07, 6.45) is 1.95. The van der Waals surface area contributed by atoms with Crippen LogP contribution < -0.4 is 16.4 Å². The molecule has 0 saturated heterocycles. The summed E-state index contributed by atoms with van der Waals surface area (Å²) in [5.41, 5.74) is 5.20. The number of carbonyl (C=O) groups excluding carboxylic acids is 2. The van der Waals surface area contributed by atoms with Gasteiger partial charge in [0, 0.05) is 0 Å². The number of nitrogens with one attached hydrogen (secondary N) is 2. The van der Waals surface area contributed by atoms with E-state index >= 15 is 0 Å². The molecule has 6 nitrogen and oxygen atoms in total. The second kappa shape index (κ2) is 8.95. The van der Waals surface area contributed by atoms with Crippen molar-refractivity contribution in [2.24, 2.45) is 5.73 Å². The van der Waals surface area contributed by atoms with Crippen molar-refractivity contribution < 1.29 is 14.3 Å². The Morgan fingerprint density at radius 3 is 2.29 bits per heavy atom. The second-order valence-electron chi connectivity index (χ2n) is 3.85. The minimum absolute atomic E-state index is 0.308. The van der Waals surface area contributed by atoms with E-state index < -0.39 is 11.9 Å². The first-order valence-corrected chi connectivity index (χ1v) is 5.84. The Morgan fingerprint density at radius 2 is 1.88 bits per heavy atom. The first-order chi connectivity index (χ1) is 8.06. The number of carbonyl (C=O) groups is 2. The fraction of sp³-hybridized carbons (Fsp3) is 0.818. The van der Waals surface area contributed by atoms with Crippen LogP contribution in [0.15, 0.2) is 0 Å². The summed E-state index contributed by atoms with van der Waals surface area (Å²) in [6, 6.07) is -0.791. The van der Waals surface area contributed by atoms with Gasteiger partial charge in [-0.1, -0.05) is 6.92 Å². The third-order valence-corrected chi connectivity index (χ3v) is 2.56. The number of rotatable bonds is 9. The van der Waals surface area contributed by atoms with Crippen molar-refractivity contribution in [1.29, 1.82) is 0 Å². The Bertz CT molecular complexity index is 246.